The molecule has 0 aliphatic carbocycles. The topological polar surface area (TPSA) is 132 Å². The molecule has 0 aliphatic rings. The van der Waals surface area contributed by atoms with Crippen LogP contribution >= 0.6 is 11.6 Å². The van der Waals surface area contributed by atoms with Gasteiger partial charge in [-0.25, -0.2) is 4.79 Å². The molecule has 1 amide bonds. The molecule has 0 atom stereocenters. The Kier molecular flexibility index (Phi) is 7.81. The van der Waals surface area contributed by atoms with Crippen molar-refractivity contribution in [2.45, 2.75) is 6.92 Å². The van der Waals surface area contributed by atoms with E-state index in [0.717, 1.165) is 0 Å². The van der Waals surface area contributed by atoms with Gasteiger partial charge in [0.1, 0.15) is 17.3 Å². The molecule has 0 radical (unpaired) electrons. The van der Waals surface area contributed by atoms with Crippen molar-refractivity contribution in [2.24, 2.45) is 0 Å². The number of hydrogen-bond acceptors (Lipinski definition) is 7. The van der Waals surface area contributed by atoms with Gasteiger partial charge in [-0.05, 0) is 66.6 Å². The van der Waals surface area contributed by atoms with E-state index in [1.165, 1.54) is 55.7 Å². The highest BCUT2D eigenvalue weighted by molar-refractivity contribution is 6.30. The predicted molar refractivity (Wildman–Crippen MR) is 129 cm³/mol. The molecule has 1 N–H and O–H groups in total. The normalized spacial score (nSPS) is 10.7. The van der Waals surface area contributed by atoms with Gasteiger partial charge in [0.15, 0.2) is 11.5 Å². The highest BCUT2D eigenvalue weighted by Gasteiger charge is 2.19. The van der Waals surface area contributed by atoms with Crippen LogP contribution in [0.5, 0.6) is 11.5 Å². The first-order valence-electron chi connectivity index (χ1n) is 10.1. The molecule has 35 heavy (non-hydrogen) atoms. The maximum atomic E-state index is 12.6. The molecule has 3 rings (SSSR count). The van der Waals surface area contributed by atoms with E-state index < -0.39 is 16.8 Å². The van der Waals surface area contributed by atoms with Crippen molar-refractivity contribution in [2.75, 3.05) is 12.4 Å². The zero-order valence-electron chi connectivity index (χ0n) is 18.6. The number of aryl methyl sites for hydroxylation is 1. The maximum Gasteiger partial charge on any atom is 0.343 e. The van der Waals surface area contributed by atoms with Crippen LogP contribution < -0.4 is 14.8 Å². The Morgan fingerprint density at radius 3 is 2.43 bits per heavy atom. The van der Waals surface area contributed by atoms with Gasteiger partial charge in [0.25, 0.3) is 11.6 Å². The van der Waals surface area contributed by atoms with Gasteiger partial charge in [-0.2, -0.15) is 5.26 Å². The number of methoxy groups -OCH3 is 1. The van der Waals surface area contributed by atoms with E-state index in [4.69, 9.17) is 21.1 Å². The number of halogens is 1. The second kappa shape index (κ2) is 11.0. The van der Waals surface area contributed by atoms with Gasteiger partial charge in [0.05, 0.1) is 17.6 Å². The molecule has 3 aromatic carbocycles. The largest absolute Gasteiger partial charge is 0.493 e. The molecule has 3 aromatic rings. The summed E-state index contributed by atoms with van der Waals surface area (Å²) in [4.78, 5) is 35.7. The van der Waals surface area contributed by atoms with E-state index >= 15 is 0 Å². The molecule has 0 spiro atoms. The quantitative estimate of drug-likeness (QED) is 0.118. The summed E-state index contributed by atoms with van der Waals surface area (Å²) in [5, 5.41) is 23.6. The lowest BCUT2D eigenvalue weighted by atomic mass is 10.1. The Morgan fingerprint density at radius 1 is 1.09 bits per heavy atom. The monoisotopic (exact) mass is 491 g/mol. The van der Waals surface area contributed by atoms with E-state index in [2.05, 4.69) is 5.32 Å². The number of carbonyl (C=O) groups is 2. The molecule has 0 bridgehead atoms. The van der Waals surface area contributed by atoms with Crippen LogP contribution in [0, 0.1) is 28.4 Å². The summed E-state index contributed by atoms with van der Waals surface area (Å²) < 4.78 is 10.7. The van der Waals surface area contributed by atoms with Crippen molar-refractivity contribution in [3.05, 3.63) is 98.1 Å². The molecule has 0 fully saturated rings. The molecule has 9 nitrogen and oxygen atoms in total. The number of anilines is 1. The fourth-order valence-electron chi connectivity index (χ4n) is 3.01. The Labute approximate surface area is 205 Å². The standard InChI is InChI=1S/C25H18ClN3O6/c1-15-3-9-20(21(11-15)29(32)33)28-24(30)18(14-27)12-16-4-10-22(23(13-16)34-2)35-25(31)17-5-7-19(26)8-6-17/h3-13H,1-2H3,(H,28,30)/b18-12+. The number of hydrogen-bond donors (Lipinski definition) is 1. The first kappa shape index (κ1) is 25.0. The molecule has 0 heterocycles. The summed E-state index contributed by atoms with van der Waals surface area (Å²) in [6.07, 6.45) is 1.28. The first-order valence-corrected chi connectivity index (χ1v) is 10.4. The minimum atomic E-state index is -0.823. The third kappa shape index (κ3) is 6.22. The van der Waals surface area contributed by atoms with Gasteiger partial charge in [0, 0.05) is 11.1 Å². The Balaban J connectivity index is 1.83. The van der Waals surface area contributed by atoms with Crippen molar-refractivity contribution in [3.8, 4) is 17.6 Å². The summed E-state index contributed by atoms with van der Waals surface area (Å²) in [7, 11) is 1.37. The van der Waals surface area contributed by atoms with Crippen LogP contribution in [0.25, 0.3) is 6.08 Å². The van der Waals surface area contributed by atoms with Crippen LogP contribution in [0.4, 0.5) is 11.4 Å². The summed E-state index contributed by atoms with van der Waals surface area (Å²) in [6, 6.07) is 16.7. The lowest BCUT2D eigenvalue weighted by Gasteiger charge is -2.10. The van der Waals surface area contributed by atoms with Crippen LogP contribution in [-0.2, 0) is 4.79 Å². The van der Waals surface area contributed by atoms with Crippen molar-refractivity contribution in [3.63, 3.8) is 0 Å². The van der Waals surface area contributed by atoms with Gasteiger partial charge >= 0.3 is 5.97 Å². The molecule has 0 aliphatic heterocycles. The molecule has 0 aromatic heterocycles. The van der Waals surface area contributed by atoms with Crippen LogP contribution in [0.15, 0.2) is 66.2 Å². The number of esters is 1. The summed E-state index contributed by atoms with van der Waals surface area (Å²) >= 11 is 5.83. The van der Waals surface area contributed by atoms with Crippen molar-refractivity contribution in [1.29, 1.82) is 5.26 Å². The molecule has 0 saturated carbocycles. The molecular formula is C25H18ClN3O6. The smallest absolute Gasteiger partial charge is 0.343 e. The number of nitro groups is 1. The number of nitriles is 1. The zero-order valence-corrected chi connectivity index (χ0v) is 19.3. The van der Waals surface area contributed by atoms with Crippen LogP contribution in [-0.4, -0.2) is 23.9 Å². The lowest BCUT2D eigenvalue weighted by Crippen LogP contribution is -2.14. The zero-order chi connectivity index (χ0) is 25.5. The minimum absolute atomic E-state index is 0.0335. The SMILES string of the molecule is COc1cc(/C=C(\C#N)C(=O)Nc2ccc(C)cc2[N+](=O)[O-])ccc1OC(=O)c1ccc(Cl)cc1. The van der Waals surface area contributed by atoms with Gasteiger partial charge in [0.2, 0.25) is 0 Å². The number of nitrogens with one attached hydrogen (secondary N) is 1. The van der Waals surface area contributed by atoms with E-state index in [0.29, 0.717) is 16.1 Å². The van der Waals surface area contributed by atoms with Gasteiger partial charge in [-0.15, -0.1) is 0 Å². The van der Waals surface area contributed by atoms with E-state index in [-0.39, 0.29) is 34.0 Å². The van der Waals surface area contributed by atoms with Crippen molar-refractivity contribution >= 4 is 40.9 Å². The van der Waals surface area contributed by atoms with E-state index in [9.17, 15) is 25.0 Å². The Morgan fingerprint density at radius 2 is 1.80 bits per heavy atom. The summed E-state index contributed by atoms with van der Waals surface area (Å²) in [5.41, 5.74) is 0.716. The third-order valence-electron chi connectivity index (χ3n) is 4.74. The van der Waals surface area contributed by atoms with Gasteiger partial charge in [-0.1, -0.05) is 23.7 Å². The van der Waals surface area contributed by atoms with Gasteiger partial charge < -0.3 is 14.8 Å². The van der Waals surface area contributed by atoms with E-state index in [1.807, 2.05) is 0 Å². The van der Waals surface area contributed by atoms with Gasteiger partial charge in [-0.3, -0.25) is 14.9 Å². The lowest BCUT2D eigenvalue weighted by molar-refractivity contribution is -0.384. The average molecular weight is 492 g/mol. The van der Waals surface area contributed by atoms with Crippen LogP contribution in [0.3, 0.4) is 0 Å². The average Bonchev–Trinajstić information content (AvgIpc) is 2.84. The second-order valence-electron chi connectivity index (χ2n) is 7.21. The number of rotatable bonds is 7. The fourth-order valence-corrected chi connectivity index (χ4v) is 3.13. The molecule has 0 unspecified atom stereocenters. The molecule has 176 valence electrons. The second-order valence-corrected chi connectivity index (χ2v) is 7.64. The molecule has 10 heteroatoms. The van der Waals surface area contributed by atoms with E-state index in [1.54, 1.807) is 31.2 Å². The van der Waals surface area contributed by atoms with Crippen molar-refractivity contribution < 1.29 is 24.0 Å². The Bertz CT molecular complexity index is 1380. The molecular weight excluding hydrogens is 474 g/mol. The number of nitro benzene ring substituents is 1. The van der Waals surface area contributed by atoms with Crippen molar-refractivity contribution in [1.82, 2.24) is 0 Å². The number of nitrogens with zero attached hydrogens (tertiary/aromatic N) is 2. The number of ether oxygens (including phenoxy) is 2. The number of benzene rings is 3. The summed E-state index contributed by atoms with van der Waals surface area (Å²) in [6.45, 7) is 1.68. The minimum Gasteiger partial charge on any atom is -0.493 e. The fraction of sp³-hybridized carbons (Fsp3) is 0.0800. The third-order valence-corrected chi connectivity index (χ3v) is 5.00. The number of carbonyl (C=O) groups excluding carboxylic acids is 2. The predicted octanol–water partition coefficient (Wildman–Crippen LogP) is 5.33. The summed E-state index contributed by atoms with van der Waals surface area (Å²) in [5.74, 6) is -1.13. The highest BCUT2D eigenvalue weighted by atomic mass is 35.5. The Hall–Kier alpha value is -4.68. The maximum absolute atomic E-state index is 12.6. The molecule has 0 saturated heterocycles. The first-order chi connectivity index (χ1) is 16.7. The van der Waals surface area contributed by atoms with Crippen LogP contribution in [0.1, 0.15) is 21.5 Å². The highest BCUT2D eigenvalue weighted by Crippen LogP contribution is 2.30. The number of amides is 1. The van der Waals surface area contributed by atoms with Crippen LogP contribution in [0.2, 0.25) is 5.02 Å².